The molecule has 7 heteroatoms. The molecule has 7 nitrogen and oxygen atoms in total. The normalized spacial score (nSPS) is 23.3. The number of nitro groups is 1. The van der Waals surface area contributed by atoms with Gasteiger partial charge < -0.3 is 10.6 Å². The van der Waals surface area contributed by atoms with Crippen molar-refractivity contribution in [3.8, 4) is 0 Å². The first kappa shape index (κ1) is 13.8. The maximum atomic E-state index is 11.2. The van der Waals surface area contributed by atoms with E-state index in [9.17, 15) is 10.1 Å². The van der Waals surface area contributed by atoms with Crippen LogP contribution in [0.1, 0.15) is 32.4 Å². The van der Waals surface area contributed by atoms with E-state index in [0.717, 1.165) is 19.4 Å². The van der Waals surface area contributed by atoms with Crippen molar-refractivity contribution in [1.82, 2.24) is 15.1 Å². The molecule has 0 aromatic carbocycles. The number of piperidine rings is 1. The molecule has 0 radical (unpaired) electrons. The smallest absolute Gasteiger partial charge is 0.333 e. The third-order valence-electron chi connectivity index (χ3n) is 3.57. The highest BCUT2D eigenvalue weighted by molar-refractivity contribution is 5.60. The first-order chi connectivity index (χ1) is 9.02. The lowest BCUT2D eigenvalue weighted by Gasteiger charge is -2.28. The van der Waals surface area contributed by atoms with Gasteiger partial charge in [0.15, 0.2) is 0 Å². The van der Waals surface area contributed by atoms with Crippen LogP contribution in [-0.4, -0.2) is 33.3 Å². The number of rotatable bonds is 4. The van der Waals surface area contributed by atoms with Crippen molar-refractivity contribution in [2.45, 2.75) is 45.2 Å². The summed E-state index contributed by atoms with van der Waals surface area (Å²) >= 11 is 0. The molecule has 1 fully saturated rings. The third-order valence-corrected chi connectivity index (χ3v) is 3.57. The van der Waals surface area contributed by atoms with E-state index in [1.54, 1.807) is 11.7 Å². The second-order valence-corrected chi connectivity index (χ2v) is 5.10. The van der Waals surface area contributed by atoms with Crippen molar-refractivity contribution in [1.29, 1.82) is 0 Å². The predicted molar refractivity (Wildman–Crippen MR) is 73.3 cm³/mol. The Morgan fingerprint density at radius 2 is 2.37 bits per heavy atom. The van der Waals surface area contributed by atoms with Crippen LogP contribution in [0.5, 0.6) is 0 Å². The molecule has 2 unspecified atom stereocenters. The summed E-state index contributed by atoms with van der Waals surface area (Å²) in [7, 11) is 1.75. The van der Waals surface area contributed by atoms with E-state index in [1.807, 2.05) is 6.92 Å². The van der Waals surface area contributed by atoms with Crippen LogP contribution in [0, 0.1) is 10.1 Å². The summed E-state index contributed by atoms with van der Waals surface area (Å²) in [6.07, 6.45) is 2.49. The summed E-state index contributed by atoms with van der Waals surface area (Å²) in [5, 5.41) is 22.1. The van der Waals surface area contributed by atoms with Crippen LogP contribution in [0.3, 0.4) is 0 Å². The highest BCUT2D eigenvalue weighted by Crippen LogP contribution is 2.30. The molecule has 2 rings (SSSR count). The maximum absolute atomic E-state index is 11.2. The summed E-state index contributed by atoms with van der Waals surface area (Å²) < 4.78 is 1.59. The van der Waals surface area contributed by atoms with Gasteiger partial charge in [0, 0.05) is 19.1 Å². The highest BCUT2D eigenvalue weighted by Gasteiger charge is 2.28. The fourth-order valence-corrected chi connectivity index (χ4v) is 2.62. The molecule has 0 bridgehead atoms. The Bertz CT molecular complexity index is 471. The van der Waals surface area contributed by atoms with E-state index in [-0.39, 0.29) is 16.7 Å². The number of aryl methyl sites for hydroxylation is 2. The van der Waals surface area contributed by atoms with Gasteiger partial charge in [0.2, 0.25) is 5.82 Å². The van der Waals surface area contributed by atoms with Crippen molar-refractivity contribution in [2.24, 2.45) is 7.05 Å². The van der Waals surface area contributed by atoms with Crippen molar-refractivity contribution in [3.05, 3.63) is 15.8 Å². The van der Waals surface area contributed by atoms with E-state index in [2.05, 4.69) is 22.7 Å². The minimum atomic E-state index is -0.335. The zero-order valence-electron chi connectivity index (χ0n) is 11.6. The summed E-state index contributed by atoms with van der Waals surface area (Å²) in [5.74, 6) is 0.529. The number of anilines is 1. The van der Waals surface area contributed by atoms with Gasteiger partial charge in [-0.3, -0.25) is 10.1 Å². The van der Waals surface area contributed by atoms with Gasteiger partial charge in [0.1, 0.15) is 5.69 Å². The summed E-state index contributed by atoms with van der Waals surface area (Å²) in [6, 6.07) is 0.694. The van der Waals surface area contributed by atoms with Crippen molar-refractivity contribution < 1.29 is 4.92 Å². The zero-order chi connectivity index (χ0) is 14.0. The van der Waals surface area contributed by atoms with E-state index in [1.165, 1.54) is 0 Å². The number of hydrogen-bond donors (Lipinski definition) is 2. The van der Waals surface area contributed by atoms with Crippen LogP contribution in [0.4, 0.5) is 11.5 Å². The standard InChI is InChI=1S/C12H21N5O2/c1-4-10-11(17(18)19)12(16(3)15-10)14-9-5-6-13-8(2)7-9/h8-9,13-14H,4-7H2,1-3H3. The van der Waals surface area contributed by atoms with Gasteiger partial charge in [-0.1, -0.05) is 6.92 Å². The molecule has 2 heterocycles. The SMILES string of the molecule is CCc1nn(C)c(NC2CCNC(C)C2)c1[N+](=O)[O-]. The minimum Gasteiger partial charge on any atom is -0.362 e. The lowest BCUT2D eigenvalue weighted by Crippen LogP contribution is -2.41. The van der Waals surface area contributed by atoms with Crippen molar-refractivity contribution in [2.75, 3.05) is 11.9 Å². The Morgan fingerprint density at radius 3 is 2.95 bits per heavy atom. The Balaban J connectivity index is 2.23. The average Bonchev–Trinajstić information content (AvgIpc) is 2.66. The Hall–Kier alpha value is -1.63. The highest BCUT2D eigenvalue weighted by atomic mass is 16.6. The van der Waals surface area contributed by atoms with Crippen LogP contribution in [0.2, 0.25) is 0 Å². The molecular weight excluding hydrogens is 246 g/mol. The molecule has 2 atom stereocenters. The van der Waals surface area contributed by atoms with E-state index in [4.69, 9.17) is 0 Å². The predicted octanol–water partition coefficient (Wildman–Crippen LogP) is 1.44. The third kappa shape index (κ3) is 2.86. The number of nitrogens with zero attached hydrogens (tertiary/aromatic N) is 3. The van der Waals surface area contributed by atoms with Crippen LogP contribution < -0.4 is 10.6 Å². The number of aromatic nitrogens is 2. The second-order valence-electron chi connectivity index (χ2n) is 5.10. The first-order valence-corrected chi connectivity index (χ1v) is 6.73. The van der Waals surface area contributed by atoms with Crippen LogP contribution in [0.15, 0.2) is 0 Å². The topological polar surface area (TPSA) is 85.0 Å². The van der Waals surface area contributed by atoms with Crippen molar-refractivity contribution >= 4 is 11.5 Å². The van der Waals surface area contributed by atoms with Gasteiger partial charge in [-0.25, -0.2) is 4.68 Å². The molecule has 1 aliphatic heterocycles. The van der Waals surface area contributed by atoms with Gasteiger partial charge in [0.05, 0.1) is 4.92 Å². The first-order valence-electron chi connectivity index (χ1n) is 6.73. The molecule has 1 aromatic heterocycles. The van der Waals surface area contributed by atoms with E-state index in [0.29, 0.717) is 24.0 Å². The molecule has 1 saturated heterocycles. The monoisotopic (exact) mass is 267 g/mol. The van der Waals surface area contributed by atoms with Gasteiger partial charge in [0.25, 0.3) is 0 Å². The fourth-order valence-electron chi connectivity index (χ4n) is 2.62. The molecule has 1 aromatic rings. The fraction of sp³-hybridized carbons (Fsp3) is 0.750. The molecule has 0 aliphatic carbocycles. The van der Waals surface area contributed by atoms with Gasteiger partial charge >= 0.3 is 5.69 Å². The van der Waals surface area contributed by atoms with Gasteiger partial charge in [-0.05, 0) is 32.7 Å². The van der Waals surface area contributed by atoms with Crippen LogP contribution in [0.25, 0.3) is 0 Å². The van der Waals surface area contributed by atoms with Crippen molar-refractivity contribution in [3.63, 3.8) is 0 Å². The largest absolute Gasteiger partial charge is 0.362 e. The molecule has 0 amide bonds. The summed E-state index contributed by atoms with van der Waals surface area (Å²) in [6.45, 7) is 4.94. The average molecular weight is 267 g/mol. The zero-order valence-corrected chi connectivity index (χ0v) is 11.6. The lowest BCUT2D eigenvalue weighted by atomic mass is 10.0. The molecule has 2 N–H and O–H groups in total. The lowest BCUT2D eigenvalue weighted by molar-refractivity contribution is -0.384. The summed E-state index contributed by atoms with van der Waals surface area (Å²) in [4.78, 5) is 10.9. The molecule has 1 aliphatic rings. The molecule has 19 heavy (non-hydrogen) atoms. The molecule has 0 saturated carbocycles. The molecule has 0 spiro atoms. The molecule has 106 valence electrons. The Kier molecular flexibility index (Phi) is 4.04. The quantitative estimate of drug-likeness (QED) is 0.637. The maximum Gasteiger partial charge on any atom is 0.333 e. The van der Waals surface area contributed by atoms with Crippen LogP contribution in [-0.2, 0) is 13.5 Å². The number of nitrogens with one attached hydrogen (secondary N) is 2. The summed E-state index contributed by atoms with van der Waals surface area (Å²) in [5.41, 5.74) is 0.660. The van der Waals surface area contributed by atoms with E-state index < -0.39 is 0 Å². The van der Waals surface area contributed by atoms with Gasteiger partial charge in [-0.15, -0.1) is 0 Å². The van der Waals surface area contributed by atoms with Crippen LogP contribution >= 0.6 is 0 Å². The molecular formula is C12H21N5O2. The number of hydrogen-bond acceptors (Lipinski definition) is 5. The van der Waals surface area contributed by atoms with E-state index >= 15 is 0 Å². The minimum absolute atomic E-state index is 0.121. The Labute approximate surface area is 112 Å². The second kappa shape index (κ2) is 5.56. The van der Waals surface area contributed by atoms with Gasteiger partial charge in [-0.2, -0.15) is 5.10 Å². The Morgan fingerprint density at radius 1 is 1.63 bits per heavy atom.